The third-order valence-corrected chi connectivity index (χ3v) is 5.54. The molecule has 0 spiro atoms. The first-order chi connectivity index (χ1) is 16.7. The molecule has 0 saturated carbocycles. The number of rotatable bonds is 5. The van der Waals surface area contributed by atoms with Crippen LogP contribution in [0.5, 0.6) is 0 Å². The van der Waals surface area contributed by atoms with E-state index in [2.05, 4.69) is 20.1 Å². The highest BCUT2D eigenvalue weighted by Gasteiger charge is 2.34. The highest BCUT2D eigenvalue weighted by Crippen LogP contribution is 2.38. The number of benzene rings is 1. The second-order valence-corrected chi connectivity index (χ2v) is 8.14. The van der Waals surface area contributed by atoms with Crippen LogP contribution in [0.3, 0.4) is 0 Å². The molecule has 182 valence electrons. The standard InChI is InChI=1S/C23H20F4N6O2/c1-12-8-14(9-17(29-12)23(25,26)27)19-20(13-2-4-15(24)5-3-13)31-22(28)33-21(19)30-18(32-33)11-35-16-6-7-34-10-16/h2-5,8-9,16H,6-7,10-11H2,1H3,(H2,28,31)/t16-/m0/s1. The molecule has 1 saturated heterocycles. The Bertz CT molecular complexity index is 1380. The van der Waals surface area contributed by atoms with E-state index in [1.165, 1.54) is 41.8 Å². The molecule has 0 bridgehead atoms. The van der Waals surface area contributed by atoms with E-state index in [1.54, 1.807) is 0 Å². The van der Waals surface area contributed by atoms with E-state index in [0.717, 1.165) is 12.5 Å². The van der Waals surface area contributed by atoms with Gasteiger partial charge < -0.3 is 15.2 Å². The zero-order valence-electron chi connectivity index (χ0n) is 18.5. The zero-order chi connectivity index (χ0) is 24.7. The minimum absolute atomic E-state index is 0.0344. The molecular formula is C23H20F4N6O2. The molecule has 4 heterocycles. The quantitative estimate of drug-likeness (QED) is 0.420. The molecule has 0 amide bonds. The maximum atomic E-state index is 13.6. The van der Waals surface area contributed by atoms with Gasteiger partial charge in [-0.3, -0.25) is 0 Å². The lowest BCUT2D eigenvalue weighted by Crippen LogP contribution is -2.12. The molecule has 5 rings (SSSR count). The Morgan fingerprint density at radius 1 is 1.11 bits per heavy atom. The van der Waals surface area contributed by atoms with Crippen LogP contribution in [0.2, 0.25) is 0 Å². The van der Waals surface area contributed by atoms with Crippen molar-refractivity contribution in [3.8, 4) is 22.4 Å². The molecule has 1 aliphatic heterocycles. The fourth-order valence-electron chi connectivity index (χ4n) is 3.94. The summed E-state index contributed by atoms with van der Waals surface area (Å²) in [5.41, 5.74) is 6.55. The number of aromatic nitrogens is 5. The first kappa shape index (κ1) is 23.1. The minimum Gasteiger partial charge on any atom is -0.379 e. The van der Waals surface area contributed by atoms with Gasteiger partial charge in [-0.25, -0.2) is 19.3 Å². The van der Waals surface area contributed by atoms with Gasteiger partial charge in [0.05, 0.1) is 24.0 Å². The van der Waals surface area contributed by atoms with Crippen molar-refractivity contribution < 1.29 is 27.0 Å². The van der Waals surface area contributed by atoms with Crippen LogP contribution >= 0.6 is 0 Å². The van der Waals surface area contributed by atoms with Crippen molar-refractivity contribution in [1.29, 1.82) is 0 Å². The Kier molecular flexibility index (Phi) is 5.85. The lowest BCUT2D eigenvalue weighted by molar-refractivity contribution is -0.141. The predicted octanol–water partition coefficient (Wildman–Crippen LogP) is 4.21. The number of ether oxygens (including phenoxy) is 2. The van der Waals surface area contributed by atoms with E-state index in [9.17, 15) is 17.6 Å². The first-order valence-corrected chi connectivity index (χ1v) is 10.8. The number of fused-ring (bicyclic) bond motifs is 1. The van der Waals surface area contributed by atoms with Crippen molar-refractivity contribution in [2.75, 3.05) is 18.9 Å². The summed E-state index contributed by atoms with van der Waals surface area (Å²) in [7, 11) is 0. The topological polar surface area (TPSA) is 100 Å². The molecule has 1 fully saturated rings. The summed E-state index contributed by atoms with van der Waals surface area (Å²) >= 11 is 0. The number of nitrogen functional groups attached to an aromatic ring is 1. The van der Waals surface area contributed by atoms with E-state index in [4.69, 9.17) is 15.2 Å². The normalized spacial score (nSPS) is 16.3. The van der Waals surface area contributed by atoms with Gasteiger partial charge in [-0.15, -0.1) is 5.10 Å². The Balaban J connectivity index is 1.71. The van der Waals surface area contributed by atoms with Gasteiger partial charge in [-0.1, -0.05) is 0 Å². The van der Waals surface area contributed by atoms with Crippen LogP contribution in [0, 0.1) is 12.7 Å². The van der Waals surface area contributed by atoms with E-state index in [1.807, 2.05) is 0 Å². The number of nitrogens with zero attached hydrogens (tertiary/aromatic N) is 5. The van der Waals surface area contributed by atoms with E-state index in [-0.39, 0.29) is 52.6 Å². The summed E-state index contributed by atoms with van der Waals surface area (Å²) in [6.07, 6.45) is -4.01. The van der Waals surface area contributed by atoms with Gasteiger partial charge in [0, 0.05) is 17.9 Å². The molecule has 1 aromatic carbocycles. The van der Waals surface area contributed by atoms with Gasteiger partial charge in [0.1, 0.15) is 18.1 Å². The molecule has 8 nitrogen and oxygen atoms in total. The average molecular weight is 488 g/mol. The van der Waals surface area contributed by atoms with Crippen LogP contribution in [0.4, 0.5) is 23.5 Å². The largest absolute Gasteiger partial charge is 0.433 e. The molecule has 2 N–H and O–H groups in total. The molecule has 3 aromatic heterocycles. The third-order valence-electron chi connectivity index (χ3n) is 5.54. The summed E-state index contributed by atoms with van der Waals surface area (Å²) in [6.45, 7) is 2.59. The van der Waals surface area contributed by atoms with E-state index < -0.39 is 17.7 Å². The van der Waals surface area contributed by atoms with Crippen molar-refractivity contribution in [2.24, 2.45) is 0 Å². The molecule has 0 unspecified atom stereocenters. The highest BCUT2D eigenvalue weighted by molar-refractivity contribution is 5.90. The van der Waals surface area contributed by atoms with Gasteiger partial charge in [-0.2, -0.15) is 17.7 Å². The molecule has 1 atom stereocenters. The molecule has 1 aliphatic rings. The van der Waals surface area contributed by atoms with Gasteiger partial charge in [0.2, 0.25) is 5.95 Å². The van der Waals surface area contributed by atoms with Crippen LogP contribution < -0.4 is 5.73 Å². The number of hydrogen-bond donors (Lipinski definition) is 1. The SMILES string of the molecule is Cc1cc(-c2c(-c3ccc(F)cc3)nc(N)n3nc(CO[C@H]4CCOC4)nc23)cc(C(F)(F)F)n1. The van der Waals surface area contributed by atoms with E-state index in [0.29, 0.717) is 18.8 Å². The summed E-state index contributed by atoms with van der Waals surface area (Å²) < 4.78 is 66.6. The van der Waals surface area contributed by atoms with Gasteiger partial charge in [0.15, 0.2) is 11.5 Å². The average Bonchev–Trinajstić information content (AvgIpc) is 3.47. The Morgan fingerprint density at radius 3 is 2.57 bits per heavy atom. The van der Waals surface area contributed by atoms with Gasteiger partial charge >= 0.3 is 6.18 Å². The maximum Gasteiger partial charge on any atom is 0.433 e. The molecular weight excluding hydrogens is 468 g/mol. The van der Waals surface area contributed by atoms with Crippen LogP contribution in [0.1, 0.15) is 23.6 Å². The first-order valence-electron chi connectivity index (χ1n) is 10.8. The summed E-state index contributed by atoms with van der Waals surface area (Å²) in [6, 6.07) is 7.82. The van der Waals surface area contributed by atoms with E-state index >= 15 is 0 Å². The fourth-order valence-corrected chi connectivity index (χ4v) is 3.94. The lowest BCUT2D eigenvalue weighted by Gasteiger charge is -2.14. The summed E-state index contributed by atoms with van der Waals surface area (Å²) in [5.74, 6) is -0.223. The Labute approximate surface area is 196 Å². The van der Waals surface area contributed by atoms with Crippen LogP contribution in [-0.4, -0.2) is 43.9 Å². The Morgan fingerprint density at radius 2 is 1.89 bits per heavy atom. The lowest BCUT2D eigenvalue weighted by atomic mass is 9.99. The summed E-state index contributed by atoms with van der Waals surface area (Å²) in [4.78, 5) is 12.6. The second-order valence-electron chi connectivity index (χ2n) is 8.14. The number of alkyl halides is 3. The monoisotopic (exact) mass is 488 g/mol. The van der Waals surface area contributed by atoms with Crippen molar-refractivity contribution in [2.45, 2.75) is 32.2 Å². The number of pyridine rings is 1. The Hall–Kier alpha value is -3.64. The number of halogens is 4. The number of hydrogen-bond acceptors (Lipinski definition) is 7. The number of anilines is 1. The van der Waals surface area contributed by atoms with Gasteiger partial charge in [0.25, 0.3) is 0 Å². The molecule has 12 heteroatoms. The van der Waals surface area contributed by atoms with Crippen LogP contribution in [-0.2, 0) is 22.3 Å². The zero-order valence-corrected chi connectivity index (χ0v) is 18.5. The van der Waals surface area contributed by atoms with Gasteiger partial charge in [-0.05, 0) is 55.3 Å². The number of nitrogens with two attached hydrogens (primary N) is 1. The molecule has 35 heavy (non-hydrogen) atoms. The molecule has 4 aromatic rings. The number of aryl methyl sites for hydroxylation is 1. The smallest absolute Gasteiger partial charge is 0.379 e. The fraction of sp³-hybridized carbons (Fsp3) is 0.304. The second kappa shape index (κ2) is 8.86. The third kappa shape index (κ3) is 4.66. The predicted molar refractivity (Wildman–Crippen MR) is 118 cm³/mol. The van der Waals surface area contributed by atoms with Crippen LogP contribution in [0.15, 0.2) is 36.4 Å². The van der Waals surface area contributed by atoms with Crippen molar-refractivity contribution in [3.63, 3.8) is 0 Å². The summed E-state index contributed by atoms with van der Waals surface area (Å²) in [5, 5.41) is 4.36. The molecule has 0 radical (unpaired) electrons. The van der Waals surface area contributed by atoms with Crippen molar-refractivity contribution in [1.82, 2.24) is 24.6 Å². The van der Waals surface area contributed by atoms with Crippen LogP contribution in [0.25, 0.3) is 28.0 Å². The van der Waals surface area contributed by atoms with Crippen molar-refractivity contribution >= 4 is 11.6 Å². The molecule has 0 aliphatic carbocycles. The minimum atomic E-state index is -4.66. The maximum absolute atomic E-state index is 13.6. The highest BCUT2D eigenvalue weighted by atomic mass is 19.4. The van der Waals surface area contributed by atoms with Crippen molar-refractivity contribution in [3.05, 3.63) is 59.4 Å².